The number of rotatable bonds is 5. The summed E-state index contributed by atoms with van der Waals surface area (Å²) in [6.45, 7) is 5.87. The molecule has 1 unspecified atom stereocenters. The van der Waals surface area contributed by atoms with Crippen LogP contribution in [0.1, 0.15) is 95.1 Å². The number of esters is 3. The van der Waals surface area contributed by atoms with Crippen molar-refractivity contribution in [3.63, 3.8) is 0 Å². The Morgan fingerprint density at radius 3 is 2.25 bits per heavy atom. The molecule has 1 aromatic carbocycles. The van der Waals surface area contributed by atoms with E-state index in [9.17, 15) is 19.2 Å². The van der Waals surface area contributed by atoms with E-state index in [2.05, 4.69) is 6.92 Å². The summed E-state index contributed by atoms with van der Waals surface area (Å²) in [7, 11) is 3.88. The first-order chi connectivity index (χ1) is 15.1. The second kappa shape index (κ2) is 8.68. The van der Waals surface area contributed by atoms with Crippen molar-refractivity contribution in [2.24, 2.45) is 11.3 Å². The van der Waals surface area contributed by atoms with Gasteiger partial charge in [-0.3, -0.25) is 9.59 Å². The number of carbonyl (C=O) groups excluding carboxylic acids is 4. The van der Waals surface area contributed by atoms with Gasteiger partial charge in [0.05, 0.1) is 37.9 Å². The second-order valence-corrected chi connectivity index (χ2v) is 9.29. The maximum atomic E-state index is 13.6. The van der Waals surface area contributed by atoms with Crippen molar-refractivity contribution in [3.8, 4) is 0 Å². The molecule has 0 aliphatic heterocycles. The molecule has 0 spiro atoms. The standard InChI is InChI=1S/C25H32O7/c1-7-9-14-19(22(28)31-5)15(21(27)30-4)12-16-20(14)17(26)13-18-24(16,2)10-8-11-25(18,3)23(29)32-6/h12,18H,7-11,13H2,1-6H3/t18?,24-,25+/m1/s1. The van der Waals surface area contributed by atoms with Crippen molar-refractivity contribution >= 4 is 23.7 Å². The molecule has 3 rings (SSSR count). The van der Waals surface area contributed by atoms with Crippen molar-refractivity contribution in [2.75, 3.05) is 21.3 Å². The zero-order chi connectivity index (χ0) is 23.8. The molecule has 1 aromatic rings. The number of fused-ring (bicyclic) bond motifs is 3. The SMILES string of the molecule is CCCc1c(C(=O)OC)c(C(=O)OC)cc2c1C(=O)CC1[C@@](C)(C(=O)OC)CCC[C@]21C. The highest BCUT2D eigenvalue weighted by molar-refractivity contribution is 6.10. The minimum atomic E-state index is -0.813. The third kappa shape index (κ3) is 3.42. The van der Waals surface area contributed by atoms with Crippen LogP contribution in [-0.2, 0) is 30.8 Å². The van der Waals surface area contributed by atoms with Gasteiger partial charge in [0.25, 0.3) is 0 Å². The molecule has 1 fully saturated rings. The average Bonchev–Trinajstić information content (AvgIpc) is 2.78. The van der Waals surface area contributed by atoms with Gasteiger partial charge in [-0.1, -0.05) is 26.7 Å². The third-order valence-electron chi connectivity index (χ3n) is 7.59. The van der Waals surface area contributed by atoms with Crippen molar-refractivity contribution in [1.82, 2.24) is 0 Å². The molecule has 3 atom stereocenters. The molecular formula is C25H32O7. The van der Waals surface area contributed by atoms with Crippen molar-refractivity contribution in [3.05, 3.63) is 33.9 Å². The van der Waals surface area contributed by atoms with Gasteiger partial charge in [-0.2, -0.15) is 0 Å². The number of Topliss-reactive ketones (excluding diaryl/α,β-unsaturated/α-hetero) is 1. The Kier molecular flexibility index (Phi) is 6.50. The lowest BCUT2D eigenvalue weighted by molar-refractivity contribution is -0.160. The number of ether oxygens (including phenoxy) is 3. The molecule has 2 aliphatic carbocycles. The zero-order valence-corrected chi connectivity index (χ0v) is 19.8. The van der Waals surface area contributed by atoms with Crippen molar-refractivity contribution in [2.45, 2.75) is 64.7 Å². The lowest BCUT2D eigenvalue weighted by Gasteiger charge is -2.53. The minimum Gasteiger partial charge on any atom is -0.469 e. The quantitative estimate of drug-likeness (QED) is 0.500. The fraction of sp³-hybridized carbons (Fsp3) is 0.600. The Labute approximate surface area is 188 Å². The topological polar surface area (TPSA) is 96.0 Å². The van der Waals surface area contributed by atoms with Gasteiger partial charge in [-0.05, 0) is 54.7 Å². The van der Waals surface area contributed by atoms with Crippen LogP contribution in [0.5, 0.6) is 0 Å². The predicted octanol–water partition coefficient (Wildman–Crippen LogP) is 4.04. The summed E-state index contributed by atoms with van der Waals surface area (Å²) < 4.78 is 15.1. The van der Waals surface area contributed by atoms with Crippen molar-refractivity contribution < 1.29 is 33.4 Å². The minimum absolute atomic E-state index is 0.0987. The molecule has 7 heteroatoms. The molecule has 0 heterocycles. The maximum Gasteiger partial charge on any atom is 0.339 e. The van der Waals surface area contributed by atoms with E-state index in [0.29, 0.717) is 36.0 Å². The summed E-state index contributed by atoms with van der Waals surface area (Å²) in [5, 5.41) is 0. The van der Waals surface area contributed by atoms with Gasteiger partial charge < -0.3 is 14.2 Å². The molecule has 0 aromatic heterocycles. The van der Waals surface area contributed by atoms with Gasteiger partial charge in [0.1, 0.15) is 0 Å². The predicted molar refractivity (Wildman–Crippen MR) is 117 cm³/mol. The smallest absolute Gasteiger partial charge is 0.339 e. The lowest BCUT2D eigenvalue weighted by atomic mass is 9.49. The van der Waals surface area contributed by atoms with Gasteiger partial charge in [0.15, 0.2) is 5.78 Å². The average molecular weight is 445 g/mol. The summed E-state index contributed by atoms with van der Waals surface area (Å²) in [5.41, 5.74) is 0.588. The Morgan fingerprint density at radius 2 is 1.69 bits per heavy atom. The molecule has 174 valence electrons. The maximum absolute atomic E-state index is 13.6. The summed E-state index contributed by atoms with van der Waals surface area (Å²) in [5.74, 6) is -2.04. The molecule has 1 saturated carbocycles. The zero-order valence-electron chi connectivity index (χ0n) is 19.8. The van der Waals surface area contributed by atoms with Crippen LogP contribution in [0.25, 0.3) is 0 Å². The van der Waals surface area contributed by atoms with Gasteiger partial charge in [0.2, 0.25) is 0 Å². The van der Waals surface area contributed by atoms with Crippen LogP contribution in [0.3, 0.4) is 0 Å². The van der Waals surface area contributed by atoms with Crippen LogP contribution in [0.15, 0.2) is 6.07 Å². The van der Waals surface area contributed by atoms with Gasteiger partial charge >= 0.3 is 17.9 Å². The van der Waals surface area contributed by atoms with Crippen LogP contribution < -0.4 is 0 Å². The fourth-order valence-electron chi connectivity index (χ4n) is 6.03. The first kappa shape index (κ1) is 24.0. The molecule has 2 aliphatic rings. The van der Waals surface area contributed by atoms with Crippen LogP contribution >= 0.6 is 0 Å². The Morgan fingerprint density at radius 1 is 1.03 bits per heavy atom. The molecule has 7 nitrogen and oxygen atoms in total. The van der Waals surface area contributed by atoms with Gasteiger partial charge in [-0.15, -0.1) is 0 Å². The summed E-state index contributed by atoms with van der Waals surface area (Å²) in [4.78, 5) is 51.8. The molecule has 0 saturated heterocycles. The molecule has 32 heavy (non-hydrogen) atoms. The summed E-state index contributed by atoms with van der Waals surface area (Å²) in [6.07, 6.45) is 3.47. The summed E-state index contributed by atoms with van der Waals surface area (Å²) >= 11 is 0. The largest absolute Gasteiger partial charge is 0.469 e. The highest BCUT2D eigenvalue weighted by Crippen LogP contribution is 2.58. The van der Waals surface area contributed by atoms with E-state index in [1.165, 1.54) is 21.3 Å². The second-order valence-electron chi connectivity index (χ2n) is 9.29. The van der Waals surface area contributed by atoms with Crippen LogP contribution in [0, 0.1) is 11.3 Å². The number of hydrogen-bond donors (Lipinski definition) is 0. The molecule has 0 radical (unpaired) electrons. The lowest BCUT2D eigenvalue weighted by Crippen LogP contribution is -2.54. The van der Waals surface area contributed by atoms with E-state index < -0.39 is 22.8 Å². The number of methoxy groups -OCH3 is 3. The molecule has 0 bridgehead atoms. The molecular weight excluding hydrogens is 412 g/mol. The Bertz CT molecular complexity index is 979. The first-order valence-corrected chi connectivity index (χ1v) is 11.1. The Balaban J connectivity index is 2.38. The number of ketones is 1. The fourth-order valence-corrected chi connectivity index (χ4v) is 6.03. The van der Waals surface area contributed by atoms with Crippen LogP contribution in [0.4, 0.5) is 0 Å². The Hall–Kier alpha value is -2.70. The number of carbonyl (C=O) groups is 4. The van der Waals surface area contributed by atoms with E-state index in [1.54, 1.807) is 6.07 Å². The van der Waals surface area contributed by atoms with Gasteiger partial charge in [0, 0.05) is 12.0 Å². The van der Waals surface area contributed by atoms with Crippen LogP contribution in [0.2, 0.25) is 0 Å². The van der Waals surface area contributed by atoms with E-state index in [0.717, 1.165) is 12.8 Å². The number of benzene rings is 1. The van der Waals surface area contributed by atoms with E-state index in [1.807, 2.05) is 13.8 Å². The van der Waals surface area contributed by atoms with E-state index in [4.69, 9.17) is 14.2 Å². The first-order valence-electron chi connectivity index (χ1n) is 11.1. The highest BCUT2D eigenvalue weighted by Gasteiger charge is 2.58. The summed E-state index contributed by atoms with van der Waals surface area (Å²) in [6, 6.07) is 1.62. The molecule has 0 N–H and O–H groups in total. The van der Waals surface area contributed by atoms with E-state index >= 15 is 0 Å². The monoisotopic (exact) mass is 444 g/mol. The van der Waals surface area contributed by atoms with Crippen molar-refractivity contribution in [1.29, 1.82) is 0 Å². The van der Waals surface area contributed by atoms with E-state index in [-0.39, 0.29) is 35.2 Å². The third-order valence-corrected chi connectivity index (χ3v) is 7.59. The number of hydrogen-bond acceptors (Lipinski definition) is 7. The normalized spacial score (nSPS) is 26.6. The highest BCUT2D eigenvalue weighted by atomic mass is 16.5. The van der Waals surface area contributed by atoms with Gasteiger partial charge in [-0.25, -0.2) is 9.59 Å². The molecule has 0 amide bonds. The van der Waals surface area contributed by atoms with Crippen LogP contribution in [-0.4, -0.2) is 45.0 Å².